The quantitative estimate of drug-likeness (QED) is 0.912. The maximum Gasteiger partial charge on any atom is 0.252 e. The Morgan fingerprint density at radius 2 is 1.95 bits per heavy atom. The summed E-state index contributed by atoms with van der Waals surface area (Å²) in [5.74, 6) is 0.427. The Hall–Kier alpha value is -1.97. The van der Waals surface area contributed by atoms with Crippen molar-refractivity contribution in [1.82, 2.24) is 0 Å². The lowest BCUT2D eigenvalue weighted by molar-refractivity contribution is 0.100. The van der Waals surface area contributed by atoms with E-state index in [0.717, 1.165) is 24.4 Å². The predicted octanol–water partition coefficient (Wildman–Crippen LogP) is 2.91. The van der Waals surface area contributed by atoms with E-state index in [-0.39, 0.29) is 0 Å². The number of fused-ring (bicyclic) bond motifs is 1. The van der Waals surface area contributed by atoms with Crippen LogP contribution in [0.4, 0.5) is 5.88 Å². The number of rotatable bonds is 2. The zero-order chi connectivity index (χ0) is 13.7. The van der Waals surface area contributed by atoms with Crippen molar-refractivity contribution in [2.75, 3.05) is 18.0 Å². The van der Waals surface area contributed by atoms with Crippen LogP contribution in [-0.4, -0.2) is 19.0 Å². The molecule has 2 aliphatic rings. The lowest BCUT2D eigenvalue weighted by Crippen LogP contribution is -2.34. The van der Waals surface area contributed by atoms with Crippen molar-refractivity contribution in [1.29, 1.82) is 0 Å². The topological polar surface area (TPSA) is 59.5 Å². The minimum Gasteiger partial charge on any atom is -0.440 e. The summed E-state index contributed by atoms with van der Waals surface area (Å²) in [5.41, 5.74) is 7.13. The molecular formula is C16H18N2O2. The van der Waals surface area contributed by atoms with Crippen molar-refractivity contribution in [3.8, 4) is 0 Å². The first-order chi connectivity index (χ1) is 9.67. The number of carbonyl (C=O) groups excluding carboxylic acids is 1. The molecule has 4 heteroatoms. The van der Waals surface area contributed by atoms with E-state index in [1.807, 2.05) is 18.2 Å². The molecule has 2 fully saturated rings. The average Bonchev–Trinajstić information content (AvgIpc) is 3.05. The molecule has 1 aromatic carbocycles. The Morgan fingerprint density at radius 1 is 1.20 bits per heavy atom. The fraction of sp³-hybridized carbons (Fsp3) is 0.438. The van der Waals surface area contributed by atoms with Gasteiger partial charge in [-0.15, -0.1) is 0 Å². The second-order valence-electron chi connectivity index (χ2n) is 6.16. The molecule has 0 radical (unpaired) electrons. The van der Waals surface area contributed by atoms with Gasteiger partial charge in [-0.1, -0.05) is 12.1 Å². The molecular weight excluding hydrogens is 252 g/mol. The minimum absolute atomic E-state index is 0.438. The first kappa shape index (κ1) is 11.8. The smallest absolute Gasteiger partial charge is 0.252 e. The molecule has 1 aliphatic carbocycles. The molecule has 1 saturated carbocycles. The molecule has 0 bridgehead atoms. The third kappa shape index (κ3) is 1.79. The van der Waals surface area contributed by atoms with E-state index in [1.165, 1.54) is 25.7 Å². The standard InChI is InChI=1S/C16H18N2O2/c17-15(19)12-3-1-2-11-10-13(20-14(11)12)18-8-6-16(4-5-16)7-9-18/h1-3,10H,4-9H2,(H2,17,19). The highest BCUT2D eigenvalue weighted by atomic mass is 16.4. The van der Waals surface area contributed by atoms with Gasteiger partial charge in [0.2, 0.25) is 0 Å². The Labute approximate surface area is 117 Å². The molecule has 1 amide bonds. The van der Waals surface area contributed by atoms with Crippen molar-refractivity contribution >= 4 is 22.8 Å². The van der Waals surface area contributed by atoms with Gasteiger partial charge in [0, 0.05) is 24.5 Å². The van der Waals surface area contributed by atoms with Crippen LogP contribution in [0.15, 0.2) is 28.7 Å². The van der Waals surface area contributed by atoms with Gasteiger partial charge in [0.25, 0.3) is 5.91 Å². The van der Waals surface area contributed by atoms with E-state index in [9.17, 15) is 4.79 Å². The maximum atomic E-state index is 11.4. The highest BCUT2D eigenvalue weighted by Crippen LogP contribution is 2.54. The number of primary amides is 1. The molecule has 2 heterocycles. The number of carbonyl (C=O) groups is 1. The van der Waals surface area contributed by atoms with Crippen LogP contribution in [0.1, 0.15) is 36.0 Å². The van der Waals surface area contributed by atoms with Gasteiger partial charge in [0.1, 0.15) is 5.58 Å². The van der Waals surface area contributed by atoms with Crippen molar-refractivity contribution < 1.29 is 9.21 Å². The van der Waals surface area contributed by atoms with E-state index in [1.54, 1.807) is 6.07 Å². The van der Waals surface area contributed by atoms with Crippen molar-refractivity contribution in [3.05, 3.63) is 29.8 Å². The van der Waals surface area contributed by atoms with E-state index < -0.39 is 5.91 Å². The molecule has 0 atom stereocenters. The molecule has 1 aliphatic heterocycles. The van der Waals surface area contributed by atoms with Gasteiger partial charge < -0.3 is 15.1 Å². The Balaban J connectivity index is 1.67. The summed E-state index contributed by atoms with van der Waals surface area (Å²) in [6.45, 7) is 2.09. The van der Waals surface area contributed by atoms with Gasteiger partial charge in [-0.3, -0.25) is 4.79 Å². The summed E-state index contributed by atoms with van der Waals surface area (Å²) >= 11 is 0. The molecule has 4 rings (SSSR count). The van der Waals surface area contributed by atoms with Gasteiger partial charge in [-0.2, -0.15) is 0 Å². The molecule has 2 N–H and O–H groups in total. The highest BCUT2D eigenvalue weighted by molar-refractivity contribution is 6.04. The first-order valence-electron chi connectivity index (χ1n) is 7.24. The summed E-state index contributed by atoms with van der Waals surface area (Å²) in [4.78, 5) is 13.7. The van der Waals surface area contributed by atoms with Gasteiger partial charge in [0.15, 0.2) is 5.88 Å². The Kier molecular flexibility index (Phi) is 2.37. The number of nitrogens with two attached hydrogens (primary N) is 1. The number of furan rings is 1. The molecule has 104 valence electrons. The summed E-state index contributed by atoms with van der Waals surface area (Å²) in [5, 5.41) is 0.947. The van der Waals surface area contributed by atoms with E-state index in [4.69, 9.17) is 10.2 Å². The van der Waals surface area contributed by atoms with Crippen LogP contribution >= 0.6 is 0 Å². The highest BCUT2D eigenvalue weighted by Gasteiger charge is 2.44. The molecule has 2 aromatic rings. The monoisotopic (exact) mass is 270 g/mol. The van der Waals surface area contributed by atoms with E-state index in [2.05, 4.69) is 4.90 Å². The van der Waals surface area contributed by atoms with Crippen LogP contribution in [0.5, 0.6) is 0 Å². The largest absolute Gasteiger partial charge is 0.440 e. The van der Waals surface area contributed by atoms with Gasteiger partial charge in [-0.05, 0) is 37.2 Å². The second-order valence-corrected chi connectivity index (χ2v) is 6.16. The van der Waals surface area contributed by atoms with Crippen molar-refractivity contribution in [3.63, 3.8) is 0 Å². The van der Waals surface area contributed by atoms with Crippen LogP contribution in [0.2, 0.25) is 0 Å². The first-order valence-corrected chi connectivity index (χ1v) is 7.24. The number of hydrogen-bond acceptors (Lipinski definition) is 3. The van der Waals surface area contributed by atoms with Gasteiger partial charge in [0.05, 0.1) is 5.56 Å². The predicted molar refractivity (Wildman–Crippen MR) is 77.8 cm³/mol. The van der Waals surface area contributed by atoms with Crippen LogP contribution in [0.25, 0.3) is 11.0 Å². The maximum absolute atomic E-state index is 11.4. The van der Waals surface area contributed by atoms with Crippen molar-refractivity contribution in [2.24, 2.45) is 11.1 Å². The Morgan fingerprint density at radius 3 is 2.60 bits per heavy atom. The van der Waals surface area contributed by atoms with Crippen LogP contribution in [-0.2, 0) is 0 Å². The number of hydrogen-bond donors (Lipinski definition) is 1. The second kappa shape index (κ2) is 4.01. The van der Waals surface area contributed by atoms with Crippen LogP contribution in [0.3, 0.4) is 0 Å². The van der Waals surface area contributed by atoms with E-state index >= 15 is 0 Å². The number of piperidine rings is 1. The summed E-state index contributed by atoms with van der Waals surface area (Å²) in [6, 6.07) is 7.54. The van der Waals surface area contributed by atoms with Gasteiger partial charge in [-0.25, -0.2) is 0 Å². The molecule has 0 unspecified atom stereocenters. The zero-order valence-electron chi connectivity index (χ0n) is 11.4. The zero-order valence-corrected chi connectivity index (χ0v) is 11.4. The normalized spacial score (nSPS) is 20.5. The third-order valence-corrected chi connectivity index (χ3v) is 4.89. The number of benzene rings is 1. The fourth-order valence-electron chi connectivity index (χ4n) is 3.28. The minimum atomic E-state index is -0.438. The van der Waals surface area contributed by atoms with E-state index in [0.29, 0.717) is 16.6 Å². The van der Waals surface area contributed by atoms with Gasteiger partial charge >= 0.3 is 0 Å². The lowest BCUT2D eigenvalue weighted by Gasteiger charge is -2.31. The molecule has 1 saturated heterocycles. The van der Waals surface area contributed by atoms with Crippen LogP contribution < -0.4 is 10.6 Å². The average molecular weight is 270 g/mol. The number of para-hydroxylation sites is 1. The van der Waals surface area contributed by atoms with Crippen LogP contribution in [0, 0.1) is 5.41 Å². The van der Waals surface area contributed by atoms with Crippen molar-refractivity contribution in [2.45, 2.75) is 25.7 Å². The molecule has 4 nitrogen and oxygen atoms in total. The number of nitrogens with zero attached hydrogens (tertiary/aromatic N) is 1. The fourth-order valence-corrected chi connectivity index (χ4v) is 3.28. The summed E-state index contributed by atoms with van der Waals surface area (Å²) in [7, 11) is 0. The number of anilines is 1. The summed E-state index contributed by atoms with van der Waals surface area (Å²) in [6.07, 6.45) is 5.30. The number of amides is 1. The SMILES string of the molecule is NC(=O)c1cccc2cc(N3CCC4(CC3)CC4)oc12. The molecule has 20 heavy (non-hydrogen) atoms. The molecule has 1 aromatic heterocycles. The molecule has 1 spiro atoms. The Bertz CT molecular complexity index is 675. The third-order valence-electron chi connectivity index (χ3n) is 4.89. The summed E-state index contributed by atoms with van der Waals surface area (Å²) < 4.78 is 5.91. The lowest BCUT2D eigenvalue weighted by atomic mass is 9.94.